The molecule has 0 aliphatic carbocycles. The summed E-state index contributed by atoms with van der Waals surface area (Å²) in [5.41, 5.74) is 0.138. The molecule has 1 saturated heterocycles. The number of ether oxygens (including phenoxy) is 1. The summed E-state index contributed by atoms with van der Waals surface area (Å²) in [6, 6.07) is 4.71. The molecule has 1 aromatic heterocycles. The number of piperidine rings is 1. The molecule has 1 aliphatic rings. The van der Waals surface area contributed by atoms with E-state index in [9.17, 15) is 14.9 Å². The van der Waals surface area contributed by atoms with E-state index >= 15 is 0 Å². The summed E-state index contributed by atoms with van der Waals surface area (Å²) in [5, 5.41) is 14.7. The van der Waals surface area contributed by atoms with Gasteiger partial charge >= 0.3 is 6.09 Å². The fourth-order valence-electron chi connectivity index (χ4n) is 2.90. The lowest BCUT2D eigenvalue weighted by atomic mass is 10.1. The van der Waals surface area contributed by atoms with Crippen molar-refractivity contribution < 1.29 is 14.5 Å². The van der Waals surface area contributed by atoms with Gasteiger partial charge in [-0.1, -0.05) is 11.3 Å². The van der Waals surface area contributed by atoms with Crippen LogP contribution >= 0.6 is 11.3 Å². The Morgan fingerprint density at radius 3 is 2.92 bits per heavy atom. The van der Waals surface area contributed by atoms with Crippen molar-refractivity contribution in [1.82, 2.24) is 10.3 Å². The number of hydrogen-bond donors (Lipinski definition) is 1. The predicted octanol–water partition coefficient (Wildman–Crippen LogP) is 3.70. The molecule has 3 rings (SSSR count). The molecule has 0 radical (unpaired) electrons. The van der Waals surface area contributed by atoms with Crippen molar-refractivity contribution in [1.29, 1.82) is 0 Å². The zero-order valence-corrected chi connectivity index (χ0v) is 15.8. The van der Waals surface area contributed by atoms with Gasteiger partial charge in [0, 0.05) is 31.3 Å². The van der Waals surface area contributed by atoms with Crippen LogP contribution in [0, 0.1) is 10.1 Å². The largest absolute Gasteiger partial charge is 0.444 e. The van der Waals surface area contributed by atoms with Gasteiger partial charge in [-0.3, -0.25) is 10.1 Å². The predicted molar refractivity (Wildman–Crippen MR) is 101 cm³/mol. The average Bonchev–Trinajstić information content (AvgIpc) is 2.96. The van der Waals surface area contributed by atoms with E-state index in [-0.39, 0.29) is 11.7 Å². The van der Waals surface area contributed by atoms with E-state index < -0.39 is 16.6 Å². The Morgan fingerprint density at radius 1 is 1.46 bits per heavy atom. The molecule has 2 aromatic rings. The Kier molecular flexibility index (Phi) is 4.99. The molecule has 140 valence electrons. The molecule has 9 heteroatoms. The maximum absolute atomic E-state index is 12.0. The number of carbonyl (C=O) groups is 1. The van der Waals surface area contributed by atoms with Gasteiger partial charge in [0.1, 0.15) is 5.60 Å². The second-order valence-corrected chi connectivity index (χ2v) is 8.35. The van der Waals surface area contributed by atoms with Crippen LogP contribution in [0.15, 0.2) is 18.2 Å². The van der Waals surface area contributed by atoms with Crippen molar-refractivity contribution in [2.24, 2.45) is 0 Å². The molecule has 1 aromatic carbocycles. The number of nitro benzene ring substituents is 1. The molecule has 0 bridgehead atoms. The van der Waals surface area contributed by atoms with Crippen LogP contribution in [0.3, 0.4) is 0 Å². The van der Waals surface area contributed by atoms with E-state index in [0.717, 1.165) is 29.2 Å². The minimum atomic E-state index is -0.528. The van der Waals surface area contributed by atoms with Crippen LogP contribution in [0.1, 0.15) is 33.6 Å². The van der Waals surface area contributed by atoms with Crippen LogP contribution in [0.2, 0.25) is 0 Å². The van der Waals surface area contributed by atoms with Gasteiger partial charge < -0.3 is 15.0 Å². The monoisotopic (exact) mass is 378 g/mol. The number of anilines is 1. The number of benzene rings is 1. The smallest absolute Gasteiger partial charge is 0.407 e. The highest BCUT2D eigenvalue weighted by molar-refractivity contribution is 7.22. The molecule has 1 aliphatic heterocycles. The van der Waals surface area contributed by atoms with Crippen molar-refractivity contribution in [3.05, 3.63) is 28.3 Å². The highest BCUT2D eigenvalue weighted by atomic mass is 32.1. The molecule has 0 spiro atoms. The van der Waals surface area contributed by atoms with Crippen LogP contribution in [-0.4, -0.2) is 40.7 Å². The van der Waals surface area contributed by atoms with Crippen LogP contribution in [0.25, 0.3) is 10.2 Å². The normalized spacial score (nSPS) is 18.0. The molecule has 1 fully saturated rings. The van der Waals surface area contributed by atoms with Crippen LogP contribution in [-0.2, 0) is 4.74 Å². The number of amides is 1. The Bertz CT molecular complexity index is 830. The lowest BCUT2D eigenvalue weighted by Crippen LogP contribution is -2.49. The van der Waals surface area contributed by atoms with Crippen LogP contribution in [0.4, 0.5) is 15.6 Å². The summed E-state index contributed by atoms with van der Waals surface area (Å²) in [6.45, 7) is 6.98. The topological polar surface area (TPSA) is 97.6 Å². The van der Waals surface area contributed by atoms with Crippen molar-refractivity contribution in [2.75, 3.05) is 18.0 Å². The molecule has 1 N–H and O–H groups in total. The number of aromatic nitrogens is 1. The second-order valence-electron chi connectivity index (χ2n) is 7.34. The first kappa shape index (κ1) is 18.4. The van der Waals surface area contributed by atoms with Gasteiger partial charge in [-0.15, -0.1) is 0 Å². The summed E-state index contributed by atoms with van der Waals surface area (Å²) in [7, 11) is 0. The summed E-state index contributed by atoms with van der Waals surface area (Å²) in [4.78, 5) is 29.1. The third kappa shape index (κ3) is 4.40. The first-order valence-electron chi connectivity index (χ1n) is 8.51. The van der Waals surface area contributed by atoms with Crippen molar-refractivity contribution in [3.8, 4) is 0 Å². The standard InChI is InChI=1S/C17H22N4O4S/c1-17(2,3)25-16(22)18-11-5-4-8-20(10-11)15-19-13-9-12(21(23)24)6-7-14(13)26-15/h6-7,9,11H,4-5,8,10H2,1-3H3,(H,18,22)/t11-/m1/s1. The molecule has 2 heterocycles. The quantitative estimate of drug-likeness (QED) is 0.646. The SMILES string of the molecule is CC(C)(C)OC(=O)N[C@@H]1CCCN(c2nc3cc([N+](=O)[O-])ccc3s2)C1. The number of nitrogens with zero attached hydrogens (tertiary/aromatic N) is 3. The van der Waals surface area contributed by atoms with E-state index in [1.807, 2.05) is 20.8 Å². The van der Waals surface area contributed by atoms with Gasteiger partial charge in [-0.25, -0.2) is 9.78 Å². The minimum Gasteiger partial charge on any atom is -0.444 e. The van der Waals surface area contributed by atoms with Gasteiger partial charge in [-0.2, -0.15) is 0 Å². The number of nitro groups is 1. The average molecular weight is 378 g/mol. The molecule has 8 nitrogen and oxygen atoms in total. The maximum Gasteiger partial charge on any atom is 0.407 e. The number of nitrogens with one attached hydrogen (secondary N) is 1. The Labute approximate surface area is 155 Å². The molecule has 26 heavy (non-hydrogen) atoms. The molecule has 1 atom stereocenters. The van der Waals surface area contributed by atoms with E-state index in [1.54, 1.807) is 6.07 Å². The molecule has 0 unspecified atom stereocenters. The Morgan fingerprint density at radius 2 is 2.23 bits per heavy atom. The number of carbonyl (C=O) groups excluding carboxylic acids is 1. The van der Waals surface area contributed by atoms with Gasteiger partial charge in [0.2, 0.25) is 0 Å². The van der Waals surface area contributed by atoms with Crippen molar-refractivity contribution in [3.63, 3.8) is 0 Å². The highest BCUT2D eigenvalue weighted by Gasteiger charge is 2.26. The first-order chi connectivity index (χ1) is 12.2. The minimum absolute atomic E-state index is 0.0139. The van der Waals surface area contributed by atoms with Gasteiger partial charge in [0.25, 0.3) is 5.69 Å². The molecule has 0 saturated carbocycles. The van der Waals surface area contributed by atoms with E-state index in [2.05, 4.69) is 15.2 Å². The third-order valence-electron chi connectivity index (χ3n) is 3.98. The number of thiazole rings is 1. The number of fused-ring (bicyclic) bond motifs is 1. The summed E-state index contributed by atoms with van der Waals surface area (Å²) >= 11 is 1.50. The number of hydrogen-bond acceptors (Lipinski definition) is 7. The van der Waals surface area contributed by atoms with Crippen LogP contribution < -0.4 is 10.2 Å². The molecule has 1 amide bonds. The van der Waals surface area contributed by atoms with Crippen molar-refractivity contribution >= 4 is 38.5 Å². The molecular weight excluding hydrogens is 356 g/mol. The lowest BCUT2D eigenvalue weighted by molar-refractivity contribution is -0.384. The van der Waals surface area contributed by atoms with E-state index in [4.69, 9.17) is 4.74 Å². The Balaban J connectivity index is 1.70. The summed E-state index contributed by atoms with van der Waals surface area (Å²) < 4.78 is 6.23. The van der Waals surface area contributed by atoms with E-state index in [1.165, 1.54) is 23.5 Å². The van der Waals surface area contributed by atoms with E-state index in [0.29, 0.717) is 12.1 Å². The fourth-order valence-corrected chi connectivity index (χ4v) is 3.88. The van der Waals surface area contributed by atoms with Crippen molar-refractivity contribution in [2.45, 2.75) is 45.3 Å². The van der Waals surface area contributed by atoms with Gasteiger partial charge in [0.15, 0.2) is 5.13 Å². The maximum atomic E-state index is 12.0. The Hall–Kier alpha value is -2.42. The summed E-state index contributed by atoms with van der Waals surface area (Å²) in [5.74, 6) is 0. The number of rotatable bonds is 3. The summed E-state index contributed by atoms with van der Waals surface area (Å²) in [6.07, 6.45) is 1.40. The highest BCUT2D eigenvalue weighted by Crippen LogP contribution is 2.32. The second kappa shape index (κ2) is 7.06. The molecular formula is C17H22N4O4S. The van der Waals surface area contributed by atoms with Gasteiger partial charge in [-0.05, 0) is 39.7 Å². The zero-order chi connectivity index (χ0) is 18.9. The lowest BCUT2D eigenvalue weighted by Gasteiger charge is -2.33. The third-order valence-corrected chi connectivity index (χ3v) is 5.08. The fraction of sp³-hybridized carbons (Fsp3) is 0.529. The van der Waals surface area contributed by atoms with Gasteiger partial charge in [0.05, 0.1) is 15.1 Å². The van der Waals surface area contributed by atoms with Crippen LogP contribution in [0.5, 0.6) is 0 Å². The number of alkyl carbamates (subject to hydrolysis) is 1. The first-order valence-corrected chi connectivity index (χ1v) is 9.32. The number of non-ortho nitro benzene ring substituents is 1. The zero-order valence-electron chi connectivity index (χ0n) is 15.0.